The average Bonchev–Trinajstić information content (AvgIpc) is 2.49. The van der Waals surface area contributed by atoms with E-state index in [1.807, 2.05) is 0 Å². The fraction of sp³-hybridized carbons (Fsp3) is 0.167. The van der Waals surface area contributed by atoms with Crippen LogP contribution in [0, 0.1) is 0 Å². The first-order valence-electron chi connectivity index (χ1n) is 7.25. The molecule has 0 saturated carbocycles. The number of ether oxygens (including phenoxy) is 1. The molecule has 1 N–H and O–H groups in total. The first-order valence-corrected chi connectivity index (χ1v) is 7.25. The van der Waals surface area contributed by atoms with Gasteiger partial charge in [0, 0.05) is 11.1 Å². The molecule has 6 heteroatoms. The summed E-state index contributed by atoms with van der Waals surface area (Å²) >= 11 is 0. The van der Waals surface area contributed by atoms with Gasteiger partial charge in [-0.25, -0.2) is 0 Å². The molecule has 0 saturated heterocycles. The largest absolute Gasteiger partial charge is 0.573 e. The van der Waals surface area contributed by atoms with Gasteiger partial charge in [-0.3, -0.25) is 4.79 Å². The number of carbonyl (C=O) groups excluding carboxylic acids is 1. The van der Waals surface area contributed by atoms with E-state index in [-0.39, 0.29) is 17.3 Å². The molecule has 1 aliphatic carbocycles. The van der Waals surface area contributed by atoms with E-state index in [0.29, 0.717) is 29.5 Å². The third-order valence-electron chi connectivity index (χ3n) is 3.72. The smallest absolute Gasteiger partial charge is 0.508 e. The molecule has 2 aromatic rings. The Labute approximate surface area is 136 Å². The predicted octanol–water partition coefficient (Wildman–Crippen LogP) is 4.50. The van der Waals surface area contributed by atoms with Gasteiger partial charge in [-0.05, 0) is 60.4 Å². The second kappa shape index (κ2) is 6.03. The fourth-order valence-corrected chi connectivity index (χ4v) is 2.70. The maximum Gasteiger partial charge on any atom is 0.573 e. The lowest BCUT2D eigenvalue weighted by atomic mass is 9.86. The summed E-state index contributed by atoms with van der Waals surface area (Å²) in [5.74, 6) is -0.408. The van der Waals surface area contributed by atoms with E-state index in [2.05, 4.69) is 4.74 Å². The number of ketones is 1. The lowest BCUT2D eigenvalue weighted by Gasteiger charge is -2.17. The number of carbonyl (C=O) groups is 1. The van der Waals surface area contributed by atoms with Gasteiger partial charge in [-0.2, -0.15) is 0 Å². The van der Waals surface area contributed by atoms with Gasteiger partial charge in [-0.1, -0.05) is 12.1 Å². The molecule has 24 heavy (non-hydrogen) atoms. The molecule has 3 rings (SSSR count). The Morgan fingerprint density at radius 2 is 1.88 bits per heavy atom. The van der Waals surface area contributed by atoms with Gasteiger partial charge in [0.05, 0.1) is 0 Å². The van der Waals surface area contributed by atoms with Crippen LogP contribution in [-0.2, 0) is 6.42 Å². The van der Waals surface area contributed by atoms with E-state index in [1.165, 1.54) is 24.3 Å². The van der Waals surface area contributed by atoms with Crippen LogP contribution in [0.5, 0.6) is 11.5 Å². The van der Waals surface area contributed by atoms with Crippen molar-refractivity contribution in [2.45, 2.75) is 19.2 Å². The highest BCUT2D eigenvalue weighted by Gasteiger charge is 2.31. The second-order valence-electron chi connectivity index (χ2n) is 5.46. The first-order chi connectivity index (χ1) is 11.3. The van der Waals surface area contributed by atoms with Crippen LogP contribution in [0.2, 0.25) is 0 Å². The van der Waals surface area contributed by atoms with Gasteiger partial charge >= 0.3 is 6.36 Å². The Balaban J connectivity index is 1.88. The number of halogens is 3. The molecule has 0 radical (unpaired) electrons. The predicted molar refractivity (Wildman–Crippen MR) is 81.9 cm³/mol. The molecule has 2 aromatic carbocycles. The summed E-state index contributed by atoms with van der Waals surface area (Å²) in [5, 5.41) is 9.47. The fourth-order valence-electron chi connectivity index (χ4n) is 2.70. The molecule has 0 spiro atoms. The molecule has 0 heterocycles. The van der Waals surface area contributed by atoms with Crippen molar-refractivity contribution in [1.29, 1.82) is 0 Å². The molecule has 0 aliphatic heterocycles. The molecule has 1 aliphatic rings. The lowest BCUT2D eigenvalue weighted by Crippen LogP contribution is -2.17. The highest BCUT2D eigenvalue weighted by molar-refractivity contribution is 6.13. The molecule has 3 nitrogen and oxygen atoms in total. The monoisotopic (exact) mass is 334 g/mol. The summed E-state index contributed by atoms with van der Waals surface area (Å²) in [6, 6.07) is 10.0. The van der Waals surface area contributed by atoms with Gasteiger partial charge < -0.3 is 9.84 Å². The maximum absolute atomic E-state index is 12.5. The van der Waals surface area contributed by atoms with Crippen LogP contribution in [-0.4, -0.2) is 17.3 Å². The summed E-state index contributed by atoms with van der Waals surface area (Å²) in [6.07, 6.45) is -2.14. The Hall–Kier alpha value is -2.76. The highest BCUT2D eigenvalue weighted by atomic mass is 19.4. The number of rotatable bonds is 2. The number of fused-ring (bicyclic) bond motifs is 1. The normalized spacial score (nSPS) is 16.1. The third kappa shape index (κ3) is 3.59. The summed E-state index contributed by atoms with van der Waals surface area (Å²) < 4.78 is 40.7. The van der Waals surface area contributed by atoms with E-state index in [0.717, 1.165) is 5.56 Å². The van der Waals surface area contributed by atoms with Crippen molar-refractivity contribution in [2.24, 2.45) is 0 Å². The van der Waals surface area contributed by atoms with Crippen molar-refractivity contribution >= 4 is 11.9 Å². The quantitative estimate of drug-likeness (QED) is 0.823. The Kier molecular flexibility index (Phi) is 4.05. The molecule has 0 fully saturated rings. The highest BCUT2D eigenvalue weighted by Crippen LogP contribution is 2.30. The lowest BCUT2D eigenvalue weighted by molar-refractivity contribution is -0.274. The number of phenolic OH excluding ortho intramolecular Hbond substituents is 1. The van der Waals surface area contributed by atoms with Crippen LogP contribution in [0.3, 0.4) is 0 Å². The van der Waals surface area contributed by atoms with Crippen molar-refractivity contribution in [1.82, 2.24) is 0 Å². The van der Waals surface area contributed by atoms with Crippen molar-refractivity contribution in [3.63, 3.8) is 0 Å². The Bertz CT molecular complexity index is 822. The molecule has 124 valence electrons. The van der Waals surface area contributed by atoms with E-state index in [1.54, 1.807) is 24.3 Å². The summed E-state index contributed by atoms with van der Waals surface area (Å²) in [6.45, 7) is 0. The van der Waals surface area contributed by atoms with Crippen LogP contribution in [0.1, 0.15) is 27.9 Å². The maximum atomic E-state index is 12.5. The number of hydrogen-bond donors (Lipinski definition) is 1. The number of hydrogen-bond acceptors (Lipinski definition) is 3. The SMILES string of the molecule is O=C1/C(=C/c2cccc(OC(F)(F)F)c2)CCc2cc(O)ccc21. The molecule has 0 atom stereocenters. The van der Waals surface area contributed by atoms with Crippen molar-refractivity contribution in [3.05, 3.63) is 64.7 Å². The van der Waals surface area contributed by atoms with Crippen LogP contribution in [0.15, 0.2) is 48.0 Å². The second-order valence-corrected chi connectivity index (χ2v) is 5.46. The number of phenols is 1. The van der Waals surface area contributed by atoms with Crippen LogP contribution < -0.4 is 4.74 Å². The zero-order valence-corrected chi connectivity index (χ0v) is 12.4. The molecular formula is C18H13F3O3. The minimum absolute atomic E-state index is 0.103. The molecule has 0 unspecified atom stereocenters. The summed E-state index contributed by atoms with van der Waals surface area (Å²) in [4.78, 5) is 12.5. The van der Waals surface area contributed by atoms with E-state index in [9.17, 15) is 23.1 Å². The standard InChI is InChI=1S/C18H13F3O3/c19-18(20,21)24-15-3-1-2-11(9-15)8-13-5-4-12-10-14(22)6-7-16(12)17(13)23/h1-3,6-10,22H,4-5H2/b13-8+. The zero-order valence-electron chi connectivity index (χ0n) is 12.4. The van der Waals surface area contributed by atoms with Crippen molar-refractivity contribution in [2.75, 3.05) is 0 Å². The Morgan fingerprint density at radius 1 is 1.08 bits per heavy atom. The van der Waals surface area contributed by atoms with E-state index >= 15 is 0 Å². The number of allylic oxidation sites excluding steroid dienone is 1. The van der Waals surface area contributed by atoms with E-state index in [4.69, 9.17) is 0 Å². The Morgan fingerprint density at radius 3 is 2.62 bits per heavy atom. The van der Waals surface area contributed by atoms with Crippen LogP contribution in [0.4, 0.5) is 13.2 Å². The number of aromatic hydroxyl groups is 1. The number of benzene rings is 2. The topological polar surface area (TPSA) is 46.5 Å². The molecule has 0 aromatic heterocycles. The van der Waals surface area contributed by atoms with Gasteiger partial charge in [0.1, 0.15) is 11.5 Å². The van der Waals surface area contributed by atoms with Crippen LogP contribution in [0.25, 0.3) is 6.08 Å². The minimum Gasteiger partial charge on any atom is -0.508 e. The zero-order chi connectivity index (χ0) is 17.3. The number of alkyl halides is 3. The minimum atomic E-state index is -4.76. The van der Waals surface area contributed by atoms with Gasteiger partial charge in [0.2, 0.25) is 0 Å². The summed E-state index contributed by atoms with van der Waals surface area (Å²) in [7, 11) is 0. The van der Waals surface area contributed by atoms with E-state index < -0.39 is 6.36 Å². The van der Waals surface area contributed by atoms with Gasteiger partial charge in [-0.15, -0.1) is 13.2 Å². The molecule has 0 amide bonds. The van der Waals surface area contributed by atoms with Gasteiger partial charge in [0.25, 0.3) is 0 Å². The average molecular weight is 334 g/mol. The number of aryl methyl sites for hydroxylation is 1. The molecular weight excluding hydrogens is 321 g/mol. The number of Topliss-reactive ketones (excluding diaryl/α,β-unsaturated/α-hetero) is 1. The summed E-state index contributed by atoms with van der Waals surface area (Å²) in [5.41, 5.74) is 2.25. The first kappa shape index (κ1) is 16.1. The van der Waals surface area contributed by atoms with Crippen molar-refractivity contribution < 1.29 is 27.8 Å². The van der Waals surface area contributed by atoms with Crippen LogP contribution >= 0.6 is 0 Å². The van der Waals surface area contributed by atoms with Crippen molar-refractivity contribution in [3.8, 4) is 11.5 Å². The van der Waals surface area contributed by atoms with Gasteiger partial charge in [0.15, 0.2) is 5.78 Å². The molecule has 0 bridgehead atoms. The third-order valence-corrected chi connectivity index (χ3v) is 3.72.